The standard InChI is InChI=1S/C7H18N2O2/c1-5(2)4-6(3,8)7(9,10)11/h5,10-11H,4,8-9H2,1-3H3. The summed E-state index contributed by atoms with van der Waals surface area (Å²) in [6.45, 7) is 5.40. The molecule has 0 spiro atoms. The van der Waals surface area contributed by atoms with E-state index in [4.69, 9.17) is 21.7 Å². The smallest absolute Gasteiger partial charge is 0.238 e. The topological polar surface area (TPSA) is 92.5 Å². The van der Waals surface area contributed by atoms with Crippen LogP contribution in [-0.2, 0) is 0 Å². The Bertz CT molecular complexity index is 127. The fraction of sp³-hybridized carbons (Fsp3) is 1.00. The Labute approximate surface area is 67.2 Å². The molecule has 0 aliphatic carbocycles. The second kappa shape index (κ2) is 3.06. The Morgan fingerprint density at radius 2 is 1.64 bits per heavy atom. The van der Waals surface area contributed by atoms with Crippen molar-refractivity contribution in [1.82, 2.24) is 0 Å². The van der Waals surface area contributed by atoms with Gasteiger partial charge in [0.05, 0.1) is 5.54 Å². The Hall–Kier alpha value is -0.160. The highest BCUT2D eigenvalue weighted by Crippen LogP contribution is 2.20. The highest BCUT2D eigenvalue weighted by molar-refractivity contribution is 4.89. The van der Waals surface area contributed by atoms with Crippen LogP contribution < -0.4 is 11.5 Å². The van der Waals surface area contributed by atoms with E-state index in [1.54, 1.807) is 0 Å². The number of aliphatic hydroxyl groups is 2. The van der Waals surface area contributed by atoms with Crippen molar-refractivity contribution in [2.24, 2.45) is 17.4 Å². The Balaban J connectivity index is 4.22. The monoisotopic (exact) mass is 162 g/mol. The molecular formula is C7H18N2O2. The summed E-state index contributed by atoms with van der Waals surface area (Å²) in [6.07, 6.45) is 0.469. The summed E-state index contributed by atoms with van der Waals surface area (Å²) in [6, 6.07) is 0. The summed E-state index contributed by atoms with van der Waals surface area (Å²) in [5.74, 6) is -2.01. The molecule has 0 aromatic rings. The van der Waals surface area contributed by atoms with Crippen molar-refractivity contribution in [2.75, 3.05) is 0 Å². The number of hydrogen-bond donors (Lipinski definition) is 4. The van der Waals surface area contributed by atoms with Crippen LogP contribution in [0.25, 0.3) is 0 Å². The molecule has 0 aliphatic rings. The summed E-state index contributed by atoms with van der Waals surface area (Å²) < 4.78 is 0. The van der Waals surface area contributed by atoms with Crippen molar-refractivity contribution in [3.8, 4) is 0 Å². The van der Waals surface area contributed by atoms with E-state index in [1.165, 1.54) is 6.92 Å². The highest BCUT2D eigenvalue weighted by atomic mass is 16.5. The van der Waals surface area contributed by atoms with E-state index >= 15 is 0 Å². The van der Waals surface area contributed by atoms with Gasteiger partial charge >= 0.3 is 0 Å². The molecule has 0 fully saturated rings. The lowest BCUT2D eigenvalue weighted by Crippen LogP contribution is -2.64. The minimum Gasteiger partial charge on any atom is -0.352 e. The lowest BCUT2D eigenvalue weighted by atomic mass is 9.88. The average Bonchev–Trinajstić information content (AvgIpc) is 1.56. The largest absolute Gasteiger partial charge is 0.352 e. The molecule has 0 bridgehead atoms. The third-order valence-corrected chi connectivity index (χ3v) is 1.67. The van der Waals surface area contributed by atoms with Crippen molar-refractivity contribution >= 4 is 0 Å². The van der Waals surface area contributed by atoms with Gasteiger partial charge in [-0.05, 0) is 19.3 Å². The molecule has 0 amide bonds. The molecule has 0 saturated carbocycles. The normalized spacial score (nSPS) is 18.5. The molecule has 0 aromatic heterocycles. The second-order valence-corrected chi connectivity index (χ2v) is 3.74. The molecule has 68 valence electrons. The number of hydrogen-bond acceptors (Lipinski definition) is 4. The van der Waals surface area contributed by atoms with Crippen LogP contribution in [0, 0.1) is 5.92 Å². The highest BCUT2D eigenvalue weighted by Gasteiger charge is 2.39. The number of rotatable bonds is 3. The summed E-state index contributed by atoms with van der Waals surface area (Å²) in [7, 11) is 0. The maximum atomic E-state index is 9.00. The zero-order valence-electron chi connectivity index (χ0n) is 7.33. The minimum absolute atomic E-state index is 0.284. The second-order valence-electron chi connectivity index (χ2n) is 3.74. The third-order valence-electron chi connectivity index (χ3n) is 1.67. The molecule has 6 N–H and O–H groups in total. The zero-order valence-corrected chi connectivity index (χ0v) is 7.33. The molecule has 1 atom stereocenters. The molecular weight excluding hydrogens is 144 g/mol. The van der Waals surface area contributed by atoms with Crippen LogP contribution in [0.2, 0.25) is 0 Å². The molecule has 0 rings (SSSR count). The van der Waals surface area contributed by atoms with E-state index in [-0.39, 0.29) is 5.92 Å². The lowest BCUT2D eigenvalue weighted by Gasteiger charge is -2.35. The van der Waals surface area contributed by atoms with Crippen molar-refractivity contribution in [2.45, 2.75) is 38.6 Å². The first-order chi connectivity index (χ1) is 4.67. The van der Waals surface area contributed by atoms with Gasteiger partial charge in [0, 0.05) is 0 Å². The Morgan fingerprint density at radius 1 is 1.27 bits per heavy atom. The fourth-order valence-corrected chi connectivity index (χ4v) is 0.998. The van der Waals surface area contributed by atoms with E-state index < -0.39 is 11.4 Å². The van der Waals surface area contributed by atoms with Crippen molar-refractivity contribution in [1.29, 1.82) is 0 Å². The van der Waals surface area contributed by atoms with Crippen LogP contribution in [0.4, 0.5) is 0 Å². The summed E-state index contributed by atoms with van der Waals surface area (Å²) in [5.41, 5.74) is 9.47. The van der Waals surface area contributed by atoms with Crippen molar-refractivity contribution in [3.63, 3.8) is 0 Å². The van der Waals surface area contributed by atoms with E-state index in [0.717, 1.165) is 0 Å². The molecule has 4 heteroatoms. The van der Waals surface area contributed by atoms with Gasteiger partial charge in [-0.25, -0.2) is 0 Å². The predicted molar refractivity (Wildman–Crippen MR) is 43.4 cm³/mol. The van der Waals surface area contributed by atoms with E-state index in [2.05, 4.69) is 0 Å². The molecule has 11 heavy (non-hydrogen) atoms. The van der Waals surface area contributed by atoms with Crippen molar-refractivity contribution in [3.05, 3.63) is 0 Å². The maximum absolute atomic E-state index is 9.00. The van der Waals surface area contributed by atoms with Gasteiger partial charge in [0.25, 0.3) is 0 Å². The van der Waals surface area contributed by atoms with Gasteiger partial charge in [-0.2, -0.15) is 0 Å². The van der Waals surface area contributed by atoms with Crippen LogP contribution in [0.5, 0.6) is 0 Å². The zero-order chi connectivity index (χ0) is 9.28. The van der Waals surface area contributed by atoms with Crippen LogP contribution in [0.3, 0.4) is 0 Å². The molecule has 0 saturated heterocycles. The molecule has 0 radical (unpaired) electrons. The van der Waals surface area contributed by atoms with Crippen LogP contribution >= 0.6 is 0 Å². The summed E-state index contributed by atoms with van der Waals surface area (Å²) in [4.78, 5) is 0. The Morgan fingerprint density at radius 3 is 1.73 bits per heavy atom. The molecule has 1 unspecified atom stereocenters. The van der Waals surface area contributed by atoms with E-state index in [0.29, 0.717) is 6.42 Å². The van der Waals surface area contributed by atoms with E-state index in [9.17, 15) is 0 Å². The number of nitrogens with two attached hydrogens (primary N) is 2. The first-order valence-corrected chi connectivity index (χ1v) is 3.69. The van der Waals surface area contributed by atoms with Gasteiger partial charge in [0.2, 0.25) is 5.91 Å². The predicted octanol–water partition coefficient (Wildman–Crippen LogP) is -0.653. The van der Waals surface area contributed by atoms with Gasteiger partial charge in [-0.3, -0.25) is 5.73 Å². The van der Waals surface area contributed by atoms with Crippen LogP contribution in [0.1, 0.15) is 27.2 Å². The van der Waals surface area contributed by atoms with Gasteiger partial charge in [-0.1, -0.05) is 13.8 Å². The van der Waals surface area contributed by atoms with Gasteiger partial charge in [0.1, 0.15) is 0 Å². The average molecular weight is 162 g/mol. The summed E-state index contributed by atoms with van der Waals surface area (Å²) in [5, 5.41) is 18.0. The van der Waals surface area contributed by atoms with Gasteiger partial charge in [0.15, 0.2) is 0 Å². The van der Waals surface area contributed by atoms with Crippen LogP contribution in [-0.4, -0.2) is 21.7 Å². The molecule has 0 aromatic carbocycles. The quantitative estimate of drug-likeness (QED) is 0.415. The minimum atomic E-state index is -2.29. The van der Waals surface area contributed by atoms with E-state index in [1.807, 2.05) is 13.8 Å². The molecule has 0 aliphatic heterocycles. The fourth-order valence-electron chi connectivity index (χ4n) is 0.998. The first-order valence-electron chi connectivity index (χ1n) is 3.69. The van der Waals surface area contributed by atoms with Gasteiger partial charge < -0.3 is 15.9 Å². The molecule has 0 heterocycles. The Kier molecular flexibility index (Phi) is 3.02. The van der Waals surface area contributed by atoms with Crippen molar-refractivity contribution < 1.29 is 10.2 Å². The summed E-state index contributed by atoms with van der Waals surface area (Å²) >= 11 is 0. The van der Waals surface area contributed by atoms with Crippen LogP contribution in [0.15, 0.2) is 0 Å². The third kappa shape index (κ3) is 3.16. The molecule has 4 nitrogen and oxygen atoms in total. The van der Waals surface area contributed by atoms with Gasteiger partial charge in [-0.15, -0.1) is 0 Å². The first kappa shape index (κ1) is 10.8. The lowest BCUT2D eigenvalue weighted by molar-refractivity contribution is -0.204. The SMILES string of the molecule is CC(C)CC(C)(N)C(N)(O)O. The maximum Gasteiger partial charge on any atom is 0.238 e.